The van der Waals surface area contributed by atoms with E-state index in [4.69, 9.17) is 14.4 Å². The minimum atomic E-state index is 0.0730. The lowest BCUT2D eigenvalue weighted by molar-refractivity contribution is 0.490. The summed E-state index contributed by atoms with van der Waals surface area (Å²) in [6.07, 6.45) is 6.22. The molecule has 0 amide bonds. The molecule has 2 aromatic heterocycles. The van der Waals surface area contributed by atoms with Gasteiger partial charge in [0.1, 0.15) is 5.58 Å². The van der Waals surface area contributed by atoms with Crippen LogP contribution in [0.2, 0.25) is 0 Å². The summed E-state index contributed by atoms with van der Waals surface area (Å²) >= 11 is 0. The molecule has 4 nitrogen and oxygen atoms in total. The van der Waals surface area contributed by atoms with Crippen molar-refractivity contribution in [3.63, 3.8) is 0 Å². The molecular formula is C31H27N3O. The number of aryl methyl sites for hydroxylation is 2. The monoisotopic (exact) mass is 457 g/mol. The summed E-state index contributed by atoms with van der Waals surface area (Å²) in [5, 5.41) is 2.06. The van der Waals surface area contributed by atoms with E-state index in [0.29, 0.717) is 12.1 Å². The zero-order valence-electron chi connectivity index (χ0n) is 19.9. The smallest absolute Gasteiger partial charge is 0.227 e. The van der Waals surface area contributed by atoms with Crippen molar-refractivity contribution in [2.45, 2.75) is 38.1 Å². The highest BCUT2D eigenvalue weighted by molar-refractivity contribution is 6.14. The first-order valence-corrected chi connectivity index (χ1v) is 12.1. The Kier molecular flexibility index (Phi) is 5.10. The van der Waals surface area contributed by atoms with Gasteiger partial charge in [-0.05, 0) is 67.3 Å². The Morgan fingerprint density at radius 3 is 2.63 bits per heavy atom. The van der Waals surface area contributed by atoms with Gasteiger partial charge in [-0.2, -0.15) is 0 Å². The molecule has 2 atom stereocenters. The van der Waals surface area contributed by atoms with Crippen molar-refractivity contribution in [3.8, 4) is 0 Å². The number of aromatic nitrogens is 1. The largest absolute Gasteiger partial charge is 0.438 e. The van der Waals surface area contributed by atoms with Gasteiger partial charge in [-0.1, -0.05) is 44.0 Å². The number of hydrogen-bond acceptors (Lipinski definition) is 4. The first-order valence-electron chi connectivity index (χ1n) is 12.1. The highest BCUT2D eigenvalue weighted by Gasteiger charge is 2.31. The van der Waals surface area contributed by atoms with E-state index in [2.05, 4.69) is 67.2 Å². The van der Waals surface area contributed by atoms with Crippen LogP contribution in [0.5, 0.6) is 0 Å². The fourth-order valence-corrected chi connectivity index (χ4v) is 5.56. The van der Waals surface area contributed by atoms with Gasteiger partial charge >= 0.3 is 0 Å². The van der Waals surface area contributed by atoms with Crippen LogP contribution in [0, 0.1) is 6.92 Å². The molecule has 2 aliphatic rings. The van der Waals surface area contributed by atoms with Crippen molar-refractivity contribution in [2.75, 3.05) is 0 Å². The molecule has 4 aromatic rings. The summed E-state index contributed by atoms with van der Waals surface area (Å²) in [6.45, 7) is 14.4. The molecule has 0 saturated heterocycles. The maximum atomic E-state index is 6.18. The average Bonchev–Trinajstić information content (AvgIpc) is 3.21. The van der Waals surface area contributed by atoms with Crippen molar-refractivity contribution in [1.82, 2.24) is 4.98 Å². The lowest BCUT2D eigenvalue weighted by atomic mass is 9.78. The lowest BCUT2D eigenvalue weighted by Crippen LogP contribution is -2.27. The highest BCUT2D eigenvalue weighted by Crippen LogP contribution is 2.39. The number of fused-ring (bicyclic) bond motifs is 7. The van der Waals surface area contributed by atoms with E-state index < -0.39 is 0 Å². The molecule has 0 bridgehead atoms. The molecule has 0 radical (unpaired) electrons. The predicted molar refractivity (Wildman–Crippen MR) is 145 cm³/mol. The maximum absolute atomic E-state index is 6.18. The SMILES string of the molecule is C=CC1=NC(=C)CC2N=C(C=C)c3ccccc3C2CCc2cc3oc4nc(C)ccc4c3cc21. The van der Waals surface area contributed by atoms with Gasteiger partial charge < -0.3 is 4.42 Å². The van der Waals surface area contributed by atoms with Crippen LogP contribution in [-0.4, -0.2) is 22.4 Å². The van der Waals surface area contributed by atoms with E-state index in [9.17, 15) is 0 Å². The number of pyridine rings is 1. The number of aliphatic imine (C=N–C) groups is 2. The van der Waals surface area contributed by atoms with E-state index in [1.54, 1.807) is 0 Å². The third-order valence-corrected chi connectivity index (χ3v) is 7.22. The minimum Gasteiger partial charge on any atom is -0.438 e. The molecule has 0 fully saturated rings. The van der Waals surface area contributed by atoms with E-state index in [-0.39, 0.29) is 12.0 Å². The number of allylic oxidation sites excluding steroid dienone is 2. The second-order valence-electron chi connectivity index (χ2n) is 9.40. The van der Waals surface area contributed by atoms with Crippen molar-refractivity contribution in [2.24, 2.45) is 9.98 Å². The van der Waals surface area contributed by atoms with E-state index in [1.165, 1.54) is 16.7 Å². The Morgan fingerprint density at radius 1 is 0.971 bits per heavy atom. The quantitative estimate of drug-likeness (QED) is 0.318. The van der Waals surface area contributed by atoms with E-state index >= 15 is 0 Å². The van der Waals surface area contributed by atoms with Crippen LogP contribution in [0.25, 0.3) is 22.1 Å². The van der Waals surface area contributed by atoms with Gasteiger partial charge in [-0.3, -0.25) is 9.98 Å². The summed E-state index contributed by atoms with van der Waals surface area (Å²) < 4.78 is 6.18. The van der Waals surface area contributed by atoms with Gasteiger partial charge in [0.2, 0.25) is 5.71 Å². The topological polar surface area (TPSA) is 50.8 Å². The van der Waals surface area contributed by atoms with Crippen LogP contribution in [0.1, 0.15) is 46.7 Å². The van der Waals surface area contributed by atoms with Crippen LogP contribution >= 0.6 is 0 Å². The average molecular weight is 458 g/mol. The summed E-state index contributed by atoms with van der Waals surface area (Å²) in [4.78, 5) is 14.6. The minimum absolute atomic E-state index is 0.0730. The van der Waals surface area contributed by atoms with Crippen LogP contribution in [-0.2, 0) is 6.42 Å². The van der Waals surface area contributed by atoms with Gasteiger partial charge in [0.15, 0.2) is 0 Å². The fraction of sp³-hybridized carbons (Fsp3) is 0.194. The Bertz CT molecular complexity index is 1600. The fourth-order valence-electron chi connectivity index (χ4n) is 5.56. The zero-order valence-corrected chi connectivity index (χ0v) is 19.9. The van der Waals surface area contributed by atoms with Crippen LogP contribution in [0.4, 0.5) is 0 Å². The molecule has 2 aliphatic heterocycles. The van der Waals surface area contributed by atoms with E-state index in [0.717, 1.165) is 57.6 Å². The number of nitrogens with zero attached hydrogens (tertiary/aromatic N) is 3. The van der Waals surface area contributed by atoms with E-state index in [1.807, 2.05) is 25.1 Å². The maximum Gasteiger partial charge on any atom is 0.227 e. The molecule has 4 heteroatoms. The van der Waals surface area contributed by atoms with Crippen molar-refractivity contribution in [1.29, 1.82) is 0 Å². The van der Waals surface area contributed by atoms with Gasteiger partial charge in [0.25, 0.3) is 0 Å². The zero-order chi connectivity index (χ0) is 24.1. The van der Waals surface area contributed by atoms with Gasteiger partial charge in [-0.25, -0.2) is 4.98 Å². The molecule has 6 rings (SSSR count). The highest BCUT2D eigenvalue weighted by atomic mass is 16.3. The molecule has 2 unspecified atom stereocenters. The third kappa shape index (κ3) is 3.57. The normalized spacial score (nSPS) is 19.9. The van der Waals surface area contributed by atoms with Crippen molar-refractivity contribution < 1.29 is 4.42 Å². The van der Waals surface area contributed by atoms with Crippen molar-refractivity contribution >= 4 is 33.5 Å². The van der Waals surface area contributed by atoms with Crippen LogP contribution in [0.15, 0.2) is 101 Å². The van der Waals surface area contributed by atoms with Crippen LogP contribution in [0.3, 0.4) is 0 Å². The lowest BCUT2D eigenvalue weighted by Gasteiger charge is -2.32. The second kappa shape index (κ2) is 8.31. The number of furan rings is 1. The molecule has 4 heterocycles. The first-order chi connectivity index (χ1) is 17.1. The van der Waals surface area contributed by atoms with Gasteiger partial charge in [-0.15, -0.1) is 0 Å². The Balaban J connectivity index is 1.53. The number of rotatable bonds is 2. The number of hydrogen-bond donors (Lipinski definition) is 0. The summed E-state index contributed by atoms with van der Waals surface area (Å²) in [6, 6.07) is 17.1. The van der Waals surface area contributed by atoms with Crippen LogP contribution < -0.4 is 0 Å². The summed E-state index contributed by atoms with van der Waals surface area (Å²) in [7, 11) is 0. The Hall–Kier alpha value is -4.05. The predicted octanol–water partition coefficient (Wildman–Crippen LogP) is 7.26. The standard InChI is InChI=1S/C31H27N3O/c1-5-27-22-10-8-7-9-21(22)23-14-12-20-16-30-26(24-13-11-18(3)33-31(24)35-30)17-25(20)28(6-2)32-19(4)15-29(23)34-27/h5-11,13,16-17,23,29H,1-2,4,12,14-15H2,3H3. The molecule has 35 heavy (non-hydrogen) atoms. The molecule has 172 valence electrons. The van der Waals surface area contributed by atoms with Crippen molar-refractivity contribution in [3.05, 3.63) is 114 Å². The van der Waals surface area contributed by atoms with Gasteiger partial charge in [0, 0.05) is 45.6 Å². The molecular weight excluding hydrogens is 430 g/mol. The second-order valence-corrected chi connectivity index (χ2v) is 9.40. The first kappa shape index (κ1) is 21.5. The molecule has 0 saturated carbocycles. The number of benzene rings is 2. The third-order valence-electron chi connectivity index (χ3n) is 7.22. The molecule has 0 aliphatic carbocycles. The summed E-state index contributed by atoms with van der Waals surface area (Å²) in [5.41, 5.74) is 9.83. The molecule has 0 N–H and O–H groups in total. The van der Waals surface area contributed by atoms with Gasteiger partial charge in [0.05, 0.1) is 17.5 Å². The molecule has 2 aromatic carbocycles. The molecule has 0 spiro atoms. The Morgan fingerprint density at radius 2 is 1.80 bits per heavy atom. The Labute approximate surface area is 205 Å². The summed E-state index contributed by atoms with van der Waals surface area (Å²) in [5.74, 6) is 0.274.